The maximum absolute atomic E-state index is 12.4. The maximum atomic E-state index is 12.4. The van der Waals surface area contributed by atoms with Crippen molar-refractivity contribution in [3.8, 4) is 23.0 Å². The molecular formula is C36H56Br2O8. The standard InChI is InChI=1S/C18H29BrO4.C18H27BrO4/c2*1-17(2,3)16(20)18(4,5)11-23-10-12-8-13(21-6)15(19)14(9-12)22-7/h8-9,16,20H,10-11H2,1-7H3;8-9H,10-11H2,1-7H3. The van der Waals surface area contributed by atoms with Crippen LogP contribution in [0.5, 0.6) is 23.0 Å². The monoisotopic (exact) mass is 774 g/mol. The van der Waals surface area contributed by atoms with Gasteiger partial charge in [-0.05, 0) is 72.7 Å². The second-order valence-corrected chi connectivity index (χ2v) is 16.4. The smallest absolute Gasteiger partial charge is 0.146 e. The fraction of sp³-hybridized carbons (Fsp3) is 0.639. The van der Waals surface area contributed by atoms with Crippen molar-refractivity contribution in [2.45, 2.75) is 88.6 Å². The van der Waals surface area contributed by atoms with Crippen molar-refractivity contribution in [2.24, 2.45) is 21.7 Å². The Labute approximate surface area is 294 Å². The molecular weight excluding hydrogens is 720 g/mol. The molecule has 0 saturated carbocycles. The van der Waals surface area contributed by atoms with Gasteiger partial charge < -0.3 is 33.5 Å². The van der Waals surface area contributed by atoms with Gasteiger partial charge in [-0.1, -0.05) is 69.2 Å². The molecule has 0 aliphatic heterocycles. The Hall–Kier alpha value is -1.85. The minimum absolute atomic E-state index is 0.184. The summed E-state index contributed by atoms with van der Waals surface area (Å²) in [5.74, 6) is 2.98. The molecule has 1 atom stereocenters. The molecule has 262 valence electrons. The Morgan fingerprint density at radius 1 is 0.652 bits per heavy atom. The highest BCUT2D eigenvalue weighted by molar-refractivity contribution is 9.11. The number of rotatable bonds is 14. The van der Waals surface area contributed by atoms with Crippen LogP contribution in [0, 0.1) is 21.7 Å². The highest BCUT2D eigenvalue weighted by Crippen LogP contribution is 2.38. The van der Waals surface area contributed by atoms with Gasteiger partial charge in [0.2, 0.25) is 0 Å². The first-order valence-electron chi connectivity index (χ1n) is 15.2. The van der Waals surface area contributed by atoms with Crippen LogP contribution in [0.15, 0.2) is 33.2 Å². The predicted molar refractivity (Wildman–Crippen MR) is 191 cm³/mol. The van der Waals surface area contributed by atoms with Crippen LogP contribution in [0.3, 0.4) is 0 Å². The van der Waals surface area contributed by atoms with Crippen LogP contribution in [-0.4, -0.2) is 58.6 Å². The number of ketones is 1. The van der Waals surface area contributed by atoms with Crippen LogP contribution in [0.4, 0.5) is 0 Å². The topological polar surface area (TPSA) is 92.7 Å². The van der Waals surface area contributed by atoms with Crippen molar-refractivity contribution in [2.75, 3.05) is 41.7 Å². The molecule has 0 aliphatic carbocycles. The van der Waals surface area contributed by atoms with Crippen molar-refractivity contribution in [1.82, 2.24) is 0 Å². The lowest BCUT2D eigenvalue weighted by Crippen LogP contribution is -2.42. The number of aliphatic hydroxyl groups is 1. The molecule has 46 heavy (non-hydrogen) atoms. The minimum atomic E-state index is -0.526. The molecule has 0 heterocycles. The molecule has 2 aromatic carbocycles. The van der Waals surface area contributed by atoms with Gasteiger partial charge >= 0.3 is 0 Å². The molecule has 1 unspecified atom stereocenters. The lowest BCUT2D eigenvalue weighted by atomic mass is 9.73. The van der Waals surface area contributed by atoms with Gasteiger partial charge in [-0.3, -0.25) is 4.79 Å². The summed E-state index contributed by atoms with van der Waals surface area (Å²) in [6, 6.07) is 7.62. The van der Waals surface area contributed by atoms with Crippen LogP contribution in [0.25, 0.3) is 0 Å². The number of carbonyl (C=O) groups excluding carboxylic acids is 1. The molecule has 0 bridgehead atoms. The molecule has 0 aromatic heterocycles. The van der Waals surface area contributed by atoms with E-state index in [1.807, 2.05) is 93.5 Å². The third kappa shape index (κ3) is 12.3. The van der Waals surface area contributed by atoms with E-state index in [0.717, 1.165) is 20.1 Å². The fourth-order valence-electron chi connectivity index (χ4n) is 5.20. The third-order valence-electron chi connectivity index (χ3n) is 7.34. The lowest BCUT2D eigenvalue weighted by molar-refractivity contribution is -0.138. The van der Waals surface area contributed by atoms with E-state index < -0.39 is 11.5 Å². The van der Waals surface area contributed by atoms with Gasteiger partial charge in [0.1, 0.15) is 37.7 Å². The van der Waals surface area contributed by atoms with Crippen molar-refractivity contribution >= 4 is 37.6 Å². The summed E-state index contributed by atoms with van der Waals surface area (Å²) in [7, 11) is 6.45. The Bertz CT molecular complexity index is 1230. The molecule has 0 aliphatic rings. The van der Waals surface area contributed by atoms with Crippen LogP contribution in [0.2, 0.25) is 0 Å². The molecule has 10 heteroatoms. The van der Waals surface area contributed by atoms with E-state index in [1.54, 1.807) is 28.4 Å². The van der Waals surface area contributed by atoms with Crippen molar-refractivity contribution in [1.29, 1.82) is 0 Å². The highest BCUT2D eigenvalue weighted by Gasteiger charge is 2.37. The Morgan fingerprint density at radius 3 is 1.26 bits per heavy atom. The van der Waals surface area contributed by atoms with E-state index in [-0.39, 0.29) is 22.0 Å². The van der Waals surface area contributed by atoms with Gasteiger partial charge in [0.05, 0.1) is 61.0 Å². The molecule has 0 spiro atoms. The maximum Gasteiger partial charge on any atom is 0.146 e. The molecule has 2 rings (SSSR count). The van der Waals surface area contributed by atoms with Crippen LogP contribution < -0.4 is 18.9 Å². The predicted octanol–water partition coefficient (Wildman–Crippen LogP) is 9.04. The number of methoxy groups -OCH3 is 4. The first-order valence-corrected chi connectivity index (χ1v) is 16.8. The van der Waals surface area contributed by atoms with E-state index in [4.69, 9.17) is 28.4 Å². The van der Waals surface area contributed by atoms with Crippen LogP contribution in [0.1, 0.15) is 80.4 Å². The van der Waals surface area contributed by atoms with Gasteiger partial charge in [-0.2, -0.15) is 0 Å². The number of hydrogen-bond acceptors (Lipinski definition) is 8. The minimum Gasteiger partial charge on any atom is -0.495 e. The average molecular weight is 777 g/mol. The average Bonchev–Trinajstić information content (AvgIpc) is 2.96. The second-order valence-electron chi connectivity index (χ2n) is 14.8. The molecule has 2 aromatic rings. The summed E-state index contributed by atoms with van der Waals surface area (Å²) >= 11 is 6.89. The zero-order valence-corrected chi connectivity index (χ0v) is 33.4. The number of hydrogen-bond donors (Lipinski definition) is 1. The first kappa shape index (κ1) is 42.2. The van der Waals surface area contributed by atoms with Crippen molar-refractivity contribution in [3.05, 3.63) is 44.3 Å². The molecule has 0 fully saturated rings. The summed E-state index contributed by atoms with van der Waals surface area (Å²) in [5, 5.41) is 10.5. The van der Waals surface area contributed by atoms with Crippen molar-refractivity contribution < 1.29 is 38.3 Å². The van der Waals surface area contributed by atoms with Crippen molar-refractivity contribution in [3.63, 3.8) is 0 Å². The summed E-state index contributed by atoms with van der Waals surface area (Å²) in [4.78, 5) is 12.4. The molecule has 0 saturated heterocycles. The van der Waals surface area contributed by atoms with Gasteiger partial charge in [0.15, 0.2) is 0 Å². The lowest BCUT2D eigenvalue weighted by Gasteiger charge is -2.38. The molecule has 0 amide bonds. The van der Waals surface area contributed by atoms with Gasteiger partial charge in [0, 0.05) is 16.2 Å². The normalized spacial score (nSPS) is 13.0. The van der Waals surface area contributed by atoms with E-state index in [2.05, 4.69) is 31.9 Å². The third-order valence-corrected chi connectivity index (χ3v) is 8.90. The fourth-order valence-corrected chi connectivity index (χ4v) is 6.31. The zero-order valence-electron chi connectivity index (χ0n) is 30.3. The Morgan fingerprint density at radius 2 is 0.978 bits per heavy atom. The number of benzene rings is 2. The second kappa shape index (κ2) is 17.5. The summed E-state index contributed by atoms with van der Waals surface area (Å²) < 4.78 is 34.5. The highest BCUT2D eigenvalue weighted by atomic mass is 79.9. The van der Waals surface area contributed by atoms with Gasteiger partial charge in [0.25, 0.3) is 0 Å². The molecule has 8 nitrogen and oxygen atoms in total. The van der Waals surface area contributed by atoms with Crippen LogP contribution in [-0.2, 0) is 27.5 Å². The van der Waals surface area contributed by atoms with E-state index in [1.165, 1.54) is 0 Å². The largest absolute Gasteiger partial charge is 0.495 e. The van der Waals surface area contributed by atoms with Gasteiger partial charge in [-0.25, -0.2) is 0 Å². The number of Topliss-reactive ketones (excluding diaryl/α,β-unsaturated/α-hetero) is 1. The van der Waals surface area contributed by atoms with E-state index in [0.29, 0.717) is 49.4 Å². The molecule has 1 N–H and O–H groups in total. The summed E-state index contributed by atoms with van der Waals surface area (Å²) in [6.45, 7) is 21.4. The van der Waals surface area contributed by atoms with E-state index >= 15 is 0 Å². The zero-order chi connectivity index (χ0) is 35.7. The number of ether oxygens (including phenoxy) is 6. The van der Waals surface area contributed by atoms with Crippen LogP contribution >= 0.6 is 31.9 Å². The Balaban J connectivity index is 0.000000460. The Kier molecular flexibility index (Phi) is 16.1. The SMILES string of the molecule is COc1cc(COCC(C)(C)C(=O)C(C)(C)C)cc(OC)c1Br.COc1cc(COCC(C)(C)C(O)C(C)(C)C)cc(OC)c1Br. The molecule has 0 radical (unpaired) electrons. The number of halogens is 2. The summed E-state index contributed by atoms with van der Waals surface area (Å²) in [6.07, 6.45) is -0.455. The first-order chi connectivity index (χ1) is 21.0. The van der Waals surface area contributed by atoms with Gasteiger partial charge in [-0.15, -0.1) is 0 Å². The number of carbonyl (C=O) groups is 1. The van der Waals surface area contributed by atoms with E-state index in [9.17, 15) is 9.90 Å². The number of aliphatic hydroxyl groups excluding tert-OH is 1. The summed E-state index contributed by atoms with van der Waals surface area (Å²) in [5.41, 5.74) is 0.473. The quantitative estimate of drug-likeness (QED) is 0.203.